The molecule has 1 aliphatic rings. The molecular formula is C16H24ClFN2. The van der Waals surface area contributed by atoms with Crippen LogP contribution in [0.15, 0.2) is 18.2 Å². The topological polar surface area (TPSA) is 29.3 Å². The normalized spacial score (nSPS) is 24.6. The maximum absolute atomic E-state index is 14.3. The second-order valence-electron chi connectivity index (χ2n) is 5.64. The van der Waals surface area contributed by atoms with Crippen LogP contribution in [0, 0.1) is 11.7 Å². The zero-order chi connectivity index (χ0) is 14.5. The zero-order valence-electron chi connectivity index (χ0n) is 12.1. The Balaban J connectivity index is 2.40. The van der Waals surface area contributed by atoms with Gasteiger partial charge in [-0.05, 0) is 63.0 Å². The van der Waals surface area contributed by atoms with Crippen LogP contribution in [0.25, 0.3) is 0 Å². The van der Waals surface area contributed by atoms with Gasteiger partial charge in [-0.15, -0.1) is 0 Å². The second-order valence-corrected chi connectivity index (χ2v) is 6.07. The van der Waals surface area contributed by atoms with Crippen LogP contribution in [-0.2, 0) is 0 Å². The van der Waals surface area contributed by atoms with Gasteiger partial charge in [0.2, 0.25) is 0 Å². The smallest absolute Gasteiger partial charge is 0.128 e. The number of nitrogens with two attached hydrogens (primary N) is 1. The van der Waals surface area contributed by atoms with Gasteiger partial charge in [-0.25, -0.2) is 4.39 Å². The van der Waals surface area contributed by atoms with Crippen LogP contribution in [0.5, 0.6) is 0 Å². The lowest BCUT2D eigenvalue weighted by Crippen LogP contribution is -2.36. The molecule has 4 heteroatoms. The van der Waals surface area contributed by atoms with Crippen molar-refractivity contribution < 1.29 is 4.39 Å². The van der Waals surface area contributed by atoms with Crippen molar-refractivity contribution in [3.05, 3.63) is 34.6 Å². The summed E-state index contributed by atoms with van der Waals surface area (Å²) in [6.07, 6.45) is 4.46. The van der Waals surface area contributed by atoms with Gasteiger partial charge < -0.3 is 5.73 Å². The van der Waals surface area contributed by atoms with E-state index in [-0.39, 0.29) is 11.9 Å². The van der Waals surface area contributed by atoms with E-state index in [1.165, 1.54) is 12.5 Å². The van der Waals surface area contributed by atoms with Crippen LogP contribution in [0.3, 0.4) is 0 Å². The molecule has 0 aromatic heterocycles. The summed E-state index contributed by atoms with van der Waals surface area (Å²) in [5.41, 5.74) is 6.68. The quantitative estimate of drug-likeness (QED) is 0.910. The fraction of sp³-hybridized carbons (Fsp3) is 0.625. The summed E-state index contributed by atoms with van der Waals surface area (Å²) < 4.78 is 14.3. The molecule has 0 radical (unpaired) electrons. The Labute approximate surface area is 126 Å². The Bertz CT molecular complexity index is 438. The average Bonchev–Trinajstić information content (AvgIpc) is 2.64. The first-order chi connectivity index (χ1) is 9.67. The molecule has 2 rings (SSSR count). The molecule has 0 amide bonds. The van der Waals surface area contributed by atoms with Crippen LogP contribution in [0.4, 0.5) is 4.39 Å². The molecule has 0 aliphatic carbocycles. The molecule has 1 aromatic rings. The Morgan fingerprint density at radius 2 is 2.20 bits per heavy atom. The zero-order valence-corrected chi connectivity index (χ0v) is 12.9. The summed E-state index contributed by atoms with van der Waals surface area (Å²) in [5, 5.41) is 0.595. The summed E-state index contributed by atoms with van der Waals surface area (Å²) in [5.74, 6) is 0.137. The Hall–Kier alpha value is -0.640. The van der Waals surface area contributed by atoms with Crippen molar-refractivity contribution in [1.82, 2.24) is 4.90 Å². The number of hydrogen-bond donors (Lipinski definition) is 1. The van der Waals surface area contributed by atoms with E-state index in [1.807, 2.05) is 0 Å². The molecule has 2 atom stereocenters. The Morgan fingerprint density at radius 3 is 2.90 bits per heavy atom. The molecule has 2 nitrogen and oxygen atoms in total. The molecule has 20 heavy (non-hydrogen) atoms. The van der Waals surface area contributed by atoms with Gasteiger partial charge in [0.15, 0.2) is 0 Å². The highest BCUT2D eigenvalue weighted by Gasteiger charge is 2.31. The predicted molar refractivity (Wildman–Crippen MR) is 82.4 cm³/mol. The molecule has 1 fully saturated rings. The molecule has 112 valence electrons. The average molecular weight is 299 g/mol. The van der Waals surface area contributed by atoms with Crippen molar-refractivity contribution in [3.8, 4) is 0 Å². The maximum Gasteiger partial charge on any atom is 0.128 e. The first-order valence-corrected chi connectivity index (χ1v) is 7.94. The molecule has 1 aromatic carbocycles. The van der Waals surface area contributed by atoms with E-state index in [2.05, 4.69) is 11.8 Å². The molecule has 0 spiro atoms. The van der Waals surface area contributed by atoms with Gasteiger partial charge in [0, 0.05) is 16.6 Å². The van der Waals surface area contributed by atoms with E-state index in [4.69, 9.17) is 17.3 Å². The Morgan fingerprint density at radius 1 is 1.40 bits per heavy atom. The van der Waals surface area contributed by atoms with Crippen LogP contribution >= 0.6 is 11.6 Å². The van der Waals surface area contributed by atoms with Gasteiger partial charge in [0.05, 0.1) is 0 Å². The summed E-state index contributed by atoms with van der Waals surface area (Å²) >= 11 is 6.08. The number of hydrogen-bond acceptors (Lipinski definition) is 2. The minimum atomic E-state index is -0.166. The van der Waals surface area contributed by atoms with E-state index in [0.717, 1.165) is 32.4 Å². The first-order valence-electron chi connectivity index (χ1n) is 7.56. The van der Waals surface area contributed by atoms with Crippen LogP contribution in [-0.4, -0.2) is 24.5 Å². The van der Waals surface area contributed by atoms with E-state index >= 15 is 0 Å². The number of nitrogens with zero attached hydrogens (tertiary/aromatic N) is 1. The van der Waals surface area contributed by atoms with Gasteiger partial charge in [-0.1, -0.05) is 24.9 Å². The lowest BCUT2D eigenvalue weighted by Gasteiger charge is -2.35. The van der Waals surface area contributed by atoms with Gasteiger partial charge in [0.25, 0.3) is 0 Å². The third-order valence-electron chi connectivity index (χ3n) is 4.20. The van der Waals surface area contributed by atoms with Gasteiger partial charge >= 0.3 is 0 Å². The standard InChI is InChI=1S/C16H24ClFN2/c1-2-8-20-9-4-3-5-12(11-19)16(20)14-10-13(17)6-7-15(14)18/h6-7,10,12,16H,2-5,8-9,11,19H2,1H3. The monoisotopic (exact) mass is 298 g/mol. The summed E-state index contributed by atoms with van der Waals surface area (Å²) in [7, 11) is 0. The summed E-state index contributed by atoms with van der Waals surface area (Å²) in [6.45, 7) is 4.75. The third kappa shape index (κ3) is 3.51. The minimum Gasteiger partial charge on any atom is -0.330 e. The van der Waals surface area contributed by atoms with E-state index in [9.17, 15) is 4.39 Å². The molecule has 0 saturated carbocycles. The summed E-state index contributed by atoms with van der Waals surface area (Å²) in [4.78, 5) is 2.39. The highest BCUT2D eigenvalue weighted by atomic mass is 35.5. The highest BCUT2D eigenvalue weighted by molar-refractivity contribution is 6.30. The van der Waals surface area contributed by atoms with Crippen LogP contribution in [0.1, 0.15) is 44.2 Å². The molecule has 1 saturated heterocycles. The van der Waals surface area contributed by atoms with Crippen molar-refractivity contribution in [2.24, 2.45) is 11.7 Å². The lowest BCUT2D eigenvalue weighted by molar-refractivity contribution is 0.155. The molecule has 2 unspecified atom stereocenters. The van der Waals surface area contributed by atoms with Crippen molar-refractivity contribution in [2.75, 3.05) is 19.6 Å². The van der Waals surface area contributed by atoms with E-state index < -0.39 is 0 Å². The van der Waals surface area contributed by atoms with E-state index in [0.29, 0.717) is 23.0 Å². The maximum atomic E-state index is 14.3. The van der Waals surface area contributed by atoms with E-state index in [1.54, 1.807) is 12.1 Å². The largest absolute Gasteiger partial charge is 0.330 e. The fourth-order valence-electron chi connectivity index (χ4n) is 3.29. The second kappa shape index (κ2) is 7.39. The number of rotatable bonds is 4. The van der Waals surface area contributed by atoms with Crippen molar-refractivity contribution in [1.29, 1.82) is 0 Å². The van der Waals surface area contributed by atoms with Crippen molar-refractivity contribution in [2.45, 2.75) is 38.6 Å². The number of likely N-dealkylation sites (tertiary alicyclic amines) is 1. The third-order valence-corrected chi connectivity index (χ3v) is 4.44. The molecule has 0 bridgehead atoms. The van der Waals surface area contributed by atoms with Crippen LogP contribution in [0.2, 0.25) is 5.02 Å². The SMILES string of the molecule is CCCN1CCCCC(CN)C1c1cc(Cl)ccc1F. The predicted octanol–water partition coefficient (Wildman–Crippen LogP) is 3.99. The van der Waals surface area contributed by atoms with Crippen molar-refractivity contribution in [3.63, 3.8) is 0 Å². The number of benzene rings is 1. The molecular weight excluding hydrogens is 275 g/mol. The van der Waals surface area contributed by atoms with Crippen molar-refractivity contribution >= 4 is 11.6 Å². The number of halogens is 2. The molecule has 1 aliphatic heterocycles. The van der Waals surface area contributed by atoms with Gasteiger partial charge in [-0.3, -0.25) is 4.90 Å². The molecule has 2 N–H and O–H groups in total. The van der Waals surface area contributed by atoms with Crippen LogP contribution < -0.4 is 5.73 Å². The fourth-order valence-corrected chi connectivity index (χ4v) is 3.47. The minimum absolute atomic E-state index is 0.0566. The highest BCUT2D eigenvalue weighted by Crippen LogP contribution is 2.36. The van der Waals surface area contributed by atoms with Gasteiger partial charge in [-0.2, -0.15) is 0 Å². The first kappa shape index (κ1) is 15.7. The molecule has 1 heterocycles. The summed E-state index contributed by atoms with van der Waals surface area (Å²) in [6, 6.07) is 4.91. The van der Waals surface area contributed by atoms with Gasteiger partial charge in [0.1, 0.15) is 5.82 Å². The lowest BCUT2D eigenvalue weighted by atomic mass is 9.89. The Kier molecular flexibility index (Phi) is 5.82.